The zero-order valence-electron chi connectivity index (χ0n) is 11.7. The van der Waals surface area contributed by atoms with Gasteiger partial charge < -0.3 is 10.3 Å². The summed E-state index contributed by atoms with van der Waals surface area (Å²) in [5, 5.41) is 0. The van der Waals surface area contributed by atoms with E-state index in [1.165, 1.54) is 12.3 Å². The summed E-state index contributed by atoms with van der Waals surface area (Å²) in [6.45, 7) is 3.78. The molecule has 0 spiro atoms. The summed E-state index contributed by atoms with van der Waals surface area (Å²) in [6, 6.07) is 1.28. The topological polar surface area (TPSA) is 77.1 Å². The molecule has 21 heavy (non-hydrogen) atoms. The molecule has 1 aromatic heterocycles. The zero-order valence-corrected chi connectivity index (χ0v) is 12.6. The van der Waals surface area contributed by atoms with Crippen molar-refractivity contribution in [3.05, 3.63) is 18.0 Å². The molecule has 2 rings (SSSR count). The van der Waals surface area contributed by atoms with Crippen LogP contribution in [0.4, 0.5) is 13.2 Å². The first-order chi connectivity index (χ1) is 9.52. The number of hydrogen-bond acceptors (Lipinski definition) is 3. The number of halogens is 3. The van der Waals surface area contributed by atoms with E-state index in [-0.39, 0.29) is 30.3 Å². The zero-order chi connectivity index (χ0) is 16.1. The van der Waals surface area contributed by atoms with Crippen LogP contribution >= 0.6 is 0 Å². The van der Waals surface area contributed by atoms with Crippen molar-refractivity contribution in [3.63, 3.8) is 0 Å². The molecule has 0 unspecified atom stereocenters. The second kappa shape index (κ2) is 4.99. The van der Waals surface area contributed by atoms with Crippen LogP contribution in [0.2, 0.25) is 0 Å². The third kappa shape index (κ3) is 2.95. The van der Waals surface area contributed by atoms with Gasteiger partial charge in [-0.05, 0) is 32.8 Å². The summed E-state index contributed by atoms with van der Waals surface area (Å²) < 4.78 is 66.4. The van der Waals surface area contributed by atoms with Crippen LogP contribution in [0.25, 0.3) is 0 Å². The highest BCUT2D eigenvalue weighted by Crippen LogP contribution is 2.49. The lowest BCUT2D eigenvalue weighted by molar-refractivity contribution is -0.160. The Morgan fingerprint density at radius 3 is 2.33 bits per heavy atom. The van der Waals surface area contributed by atoms with Crippen molar-refractivity contribution in [3.8, 4) is 0 Å². The Morgan fingerprint density at radius 2 is 2.00 bits per heavy atom. The highest BCUT2D eigenvalue weighted by atomic mass is 32.2. The van der Waals surface area contributed by atoms with E-state index < -0.39 is 21.7 Å². The Kier molecular flexibility index (Phi) is 3.88. The highest BCUT2D eigenvalue weighted by molar-refractivity contribution is 7.89. The van der Waals surface area contributed by atoms with Crippen LogP contribution in [0.15, 0.2) is 17.2 Å². The number of nitrogens with two attached hydrogens (primary N) is 1. The Labute approximate surface area is 121 Å². The van der Waals surface area contributed by atoms with Gasteiger partial charge in [-0.3, -0.25) is 0 Å². The number of nitrogens with one attached hydrogen (secondary N) is 1. The Bertz CT molecular complexity index is 631. The lowest BCUT2D eigenvalue weighted by Gasteiger charge is -2.20. The molecule has 1 aromatic rings. The molecule has 120 valence electrons. The summed E-state index contributed by atoms with van der Waals surface area (Å²) in [5.41, 5.74) is 3.78. The lowest BCUT2D eigenvalue weighted by Crippen LogP contribution is -2.47. The van der Waals surface area contributed by atoms with E-state index in [1.54, 1.807) is 9.29 Å². The normalized spacial score (nSPS) is 18.2. The standard InChI is InChI=1S/C12H18F3N3O2S/c1-8(2)18-7-10(5-9(18)6-16)21(19,20)17-11(3-4-11)12(13,14)15/h5,7-8,17H,3-4,6,16H2,1-2H3. The van der Waals surface area contributed by atoms with Crippen molar-refractivity contribution in [1.29, 1.82) is 0 Å². The summed E-state index contributed by atoms with van der Waals surface area (Å²) >= 11 is 0. The third-order valence-electron chi connectivity index (χ3n) is 3.60. The molecular weight excluding hydrogens is 307 g/mol. The summed E-state index contributed by atoms with van der Waals surface area (Å²) in [5.74, 6) is 0. The van der Waals surface area contributed by atoms with E-state index >= 15 is 0 Å². The average Bonchev–Trinajstić information content (AvgIpc) is 2.98. The highest BCUT2D eigenvalue weighted by Gasteiger charge is 2.65. The predicted molar refractivity (Wildman–Crippen MR) is 71.0 cm³/mol. The second-order valence-electron chi connectivity index (χ2n) is 5.56. The van der Waals surface area contributed by atoms with Gasteiger partial charge in [-0.15, -0.1) is 0 Å². The molecule has 1 aliphatic carbocycles. The van der Waals surface area contributed by atoms with Crippen molar-refractivity contribution in [2.24, 2.45) is 5.73 Å². The van der Waals surface area contributed by atoms with E-state index in [2.05, 4.69) is 0 Å². The molecule has 0 bridgehead atoms. The van der Waals surface area contributed by atoms with Crippen molar-refractivity contribution >= 4 is 10.0 Å². The maximum atomic E-state index is 12.9. The molecule has 0 aromatic carbocycles. The van der Waals surface area contributed by atoms with Gasteiger partial charge in [-0.25, -0.2) is 8.42 Å². The van der Waals surface area contributed by atoms with Gasteiger partial charge in [0.15, 0.2) is 0 Å². The Balaban J connectivity index is 2.33. The SMILES string of the molecule is CC(C)n1cc(S(=O)(=O)NC2(C(F)(F)F)CC2)cc1CN. The number of sulfonamides is 1. The molecule has 3 N–H and O–H groups in total. The maximum Gasteiger partial charge on any atom is 0.407 e. The summed E-state index contributed by atoms with van der Waals surface area (Å²) in [4.78, 5) is -0.188. The van der Waals surface area contributed by atoms with Crippen LogP contribution in [-0.4, -0.2) is 24.7 Å². The fourth-order valence-electron chi connectivity index (χ4n) is 2.17. The number of nitrogens with zero attached hydrogens (tertiary/aromatic N) is 1. The molecule has 5 nitrogen and oxygen atoms in total. The number of alkyl halides is 3. The molecule has 0 atom stereocenters. The van der Waals surface area contributed by atoms with Gasteiger partial charge in [-0.1, -0.05) is 0 Å². The average molecular weight is 325 g/mol. The first-order valence-corrected chi connectivity index (χ1v) is 8.02. The number of hydrogen-bond donors (Lipinski definition) is 2. The van der Waals surface area contributed by atoms with Crippen LogP contribution in [0, 0.1) is 0 Å². The van der Waals surface area contributed by atoms with Gasteiger partial charge in [0.2, 0.25) is 10.0 Å². The fraction of sp³-hybridized carbons (Fsp3) is 0.667. The van der Waals surface area contributed by atoms with Gasteiger partial charge in [-0.2, -0.15) is 17.9 Å². The molecule has 9 heteroatoms. The van der Waals surface area contributed by atoms with Crippen LogP contribution < -0.4 is 10.5 Å². The quantitative estimate of drug-likeness (QED) is 0.868. The monoisotopic (exact) mass is 325 g/mol. The second-order valence-corrected chi connectivity index (χ2v) is 7.24. The van der Waals surface area contributed by atoms with Gasteiger partial charge in [0.25, 0.3) is 0 Å². The van der Waals surface area contributed by atoms with E-state index in [4.69, 9.17) is 5.73 Å². The maximum absolute atomic E-state index is 12.9. The number of rotatable bonds is 5. The minimum absolute atomic E-state index is 0.0370. The first-order valence-electron chi connectivity index (χ1n) is 6.54. The van der Waals surface area contributed by atoms with Gasteiger partial charge in [0.05, 0.1) is 4.90 Å². The van der Waals surface area contributed by atoms with E-state index in [0.717, 1.165) is 0 Å². The Morgan fingerprint density at radius 1 is 1.43 bits per heavy atom. The Hall–Kier alpha value is -1.06. The molecule has 0 saturated heterocycles. The van der Waals surface area contributed by atoms with Crippen LogP contribution in [0.5, 0.6) is 0 Å². The minimum atomic E-state index is -4.59. The summed E-state index contributed by atoms with van der Waals surface area (Å²) in [6.07, 6.45) is -3.73. The van der Waals surface area contributed by atoms with Crippen molar-refractivity contribution < 1.29 is 21.6 Å². The van der Waals surface area contributed by atoms with Gasteiger partial charge in [0, 0.05) is 24.5 Å². The van der Waals surface area contributed by atoms with Crippen LogP contribution in [0.3, 0.4) is 0 Å². The smallest absolute Gasteiger partial charge is 0.346 e. The lowest BCUT2D eigenvalue weighted by atomic mass is 10.3. The third-order valence-corrected chi connectivity index (χ3v) is 5.11. The molecule has 0 aliphatic heterocycles. The molecule has 0 radical (unpaired) electrons. The van der Waals surface area contributed by atoms with Crippen molar-refractivity contribution in [1.82, 2.24) is 9.29 Å². The minimum Gasteiger partial charge on any atom is -0.346 e. The van der Waals surface area contributed by atoms with Gasteiger partial charge in [0.1, 0.15) is 5.54 Å². The van der Waals surface area contributed by atoms with Crippen molar-refractivity contribution in [2.75, 3.05) is 0 Å². The van der Waals surface area contributed by atoms with E-state index in [1.807, 2.05) is 13.8 Å². The fourth-order valence-corrected chi connectivity index (χ4v) is 3.67. The van der Waals surface area contributed by atoms with Crippen LogP contribution in [0.1, 0.15) is 38.4 Å². The van der Waals surface area contributed by atoms with Gasteiger partial charge >= 0.3 is 6.18 Å². The molecular formula is C12H18F3N3O2S. The molecule has 1 saturated carbocycles. The largest absolute Gasteiger partial charge is 0.407 e. The van der Waals surface area contributed by atoms with E-state index in [0.29, 0.717) is 5.69 Å². The first kappa shape index (κ1) is 16.3. The molecule has 0 amide bonds. The predicted octanol–water partition coefficient (Wildman–Crippen LogP) is 1.90. The van der Waals surface area contributed by atoms with Crippen LogP contribution in [-0.2, 0) is 16.6 Å². The molecule has 1 heterocycles. The molecule has 1 fully saturated rings. The number of aromatic nitrogens is 1. The van der Waals surface area contributed by atoms with E-state index in [9.17, 15) is 21.6 Å². The summed E-state index contributed by atoms with van der Waals surface area (Å²) in [7, 11) is -4.23. The van der Waals surface area contributed by atoms with Crippen molar-refractivity contribution in [2.45, 2.75) is 55.9 Å². The molecule has 1 aliphatic rings.